The topological polar surface area (TPSA) is 21.3 Å². The number of ether oxygens (including phenoxy) is 1. The molecule has 1 aliphatic rings. The van der Waals surface area contributed by atoms with Gasteiger partial charge in [-0.15, -0.1) is 0 Å². The summed E-state index contributed by atoms with van der Waals surface area (Å²) in [7, 11) is 1.85. The van der Waals surface area contributed by atoms with Crippen LogP contribution in [0.25, 0.3) is 0 Å². The van der Waals surface area contributed by atoms with E-state index in [-0.39, 0.29) is 11.9 Å². The van der Waals surface area contributed by atoms with E-state index in [2.05, 4.69) is 27.3 Å². The molecule has 0 saturated heterocycles. The van der Waals surface area contributed by atoms with Crippen molar-refractivity contribution in [3.8, 4) is 5.75 Å². The second kappa shape index (κ2) is 6.16. The molecule has 0 spiro atoms. The number of hydrogen-bond donors (Lipinski definition) is 1. The maximum absolute atomic E-state index is 14.4. The predicted molar refractivity (Wildman–Crippen MR) is 85.3 cm³/mol. The van der Waals surface area contributed by atoms with Crippen molar-refractivity contribution in [1.82, 2.24) is 5.32 Å². The van der Waals surface area contributed by atoms with Gasteiger partial charge in [-0.1, -0.05) is 24.3 Å². The van der Waals surface area contributed by atoms with Gasteiger partial charge in [0, 0.05) is 5.56 Å². The summed E-state index contributed by atoms with van der Waals surface area (Å²) < 4.78 is 20.5. The van der Waals surface area contributed by atoms with Gasteiger partial charge >= 0.3 is 0 Å². The molecule has 3 rings (SSSR count). The quantitative estimate of drug-likeness (QED) is 0.895. The summed E-state index contributed by atoms with van der Waals surface area (Å²) >= 11 is 3.25. The molecular weight excluding hydrogens is 333 g/mol. The van der Waals surface area contributed by atoms with Gasteiger partial charge in [0.25, 0.3) is 0 Å². The average molecular weight is 350 g/mol. The van der Waals surface area contributed by atoms with E-state index >= 15 is 0 Å². The van der Waals surface area contributed by atoms with Crippen LogP contribution in [0.1, 0.15) is 29.2 Å². The fourth-order valence-corrected chi connectivity index (χ4v) is 3.19. The average Bonchev–Trinajstić information content (AvgIpc) is 2.52. The molecule has 0 amide bonds. The minimum atomic E-state index is -0.217. The van der Waals surface area contributed by atoms with Crippen LogP contribution in [0.5, 0.6) is 5.75 Å². The van der Waals surface area contributed by atoms with E-state index in [9.17, 15) is 4.39 Å². The molecule has 0 saturated carbocycles. The van der Waals surface area contributed by atoms with Crippen molar-refractivity contribution >= 4 is 15.9 Å². The van der Waals surface area contributed by atoms with Gasteiger partial charge in [-0.25, -0.2) is 4.39 Å². The van der Waals surface area contributed by atoms with E-state index < -0.39 is 0 Å². The molecule has 110 valence electrons. The van der Waals surface area contributed by atoms with Gasteiger partial charge in [0.1, 0.15) is 11.6 Å². The molecular formula is C17H17BrFNO. The minimum absolute atomic E-state index is 0.172. The fourth-order valence-electron chi connectivity index (χ4n) is 2.81. The molecule has 1 unspecified atom stereocenters. The molecule has 0 bridgehead atoms. The number of benzene rings is 2. The van der Waals surface area contributed by atoms with E-state index in [0.29, 0.717) is 10.0 Å². The zero-order chi connectivity index (χ0) is 14.8. The van der Waals surface area contributed by atoms with Crippen LogP contribution in [0.2, 0.25) is 0 Å². The van der Waals surface area contributed by atoms with Crippen LogP contribution in [0.15, 0.2) is 40.9 Å². The first-order valence-corrected chi connectivity index (χ1v) is 7.87. The highest BCUT2D eigenvalue weighted by molar-refractivity contribution is 9.10. The van der Waals surface area contributed by atoms with Crippen molar-refractivity contribution in [3.05, 3.63) is 63.4 Å². The largest absolute Gasteiger partial charge is 0.493 e. The molecule has 2 nitrogen and oxygen atoms in total. The molecule has 0 aliphatic carbocycles. The second-order valence-corrected chi connectivity index (χ2v) is 6.04. The predicted octanol–water partition coefficient (Wildman–Crippen LogP) is 4.22. The third-order valence-corrected chi connectivity index (χ3v) is 4.46. The Kier molecular flexibility index (Phi) is 4.27. The van der Waals surface area contributed by atoms with Crippen LogP contribution in [-0.4, -0.2) is 13.7 Å². The van der Waals surface area contributed by atoms with Crippen LogP contribution in [0.3, 0.4) is 0 Å². The summed E-state index contributed by atoms with van der Waals surface area (Å²) in [5, 5.41) is 3.21. The van der Waals surface area contributed by atoms with E-state index in [4.69, 9.17) is 4.74 Å². The van der Waals surface area contributed by atoms with Gasteiger partial charge in [-0.2, -0.15) is 0 Å². The van der Waals surface area contributed by atoms with Crippen molar-refractivity contribution in [2.75, 3.05) is 13.7 Å². The van der Waals surface area contributed by atoms with Crippen molar-refractivity contribution in [2.45, 2.75) is 18.9 Å². The molecule has 1 atom stereocenters. The number of aryl methyl sites for hydroxylation is 1. The molecule has 4 heteroatoms. The van der Waals surface area contributed by atoms with Crippen molar-refractivity contribution in [3.63, 3.8) is 0 Å². The summed E-state index contributed by atoms with van der Waals surface area (Å²) in [5.41, 5.74) is 2.90. The first kappa shape index (κ1) is 14.5. The summed E-state index contributed by atoms with van der Waals surface area (Å²) in [5.74, 6) is 0.736. The standard InChI is InChI=1S/C17H17BrFNO/c1-20-17(13-5-2-6-14(18)16(13)19)12-7-8-15-11(10-12)4-3-9-21-15/h2,5-8,10,17,20H,3-4,9H2,1H3. The summed E-state index contributed by atoms with van der Waals surface area (Å²) in [6.45, 7) is 0.780. The van der Waals surface area contributed by atoms with Crippen LogP contribution >= 0.6 is 15.9 Å². The molecule has 1 aliphatic heterocycles. The molecule has 2 aromatic rings. The minimum Gasteiger partial charge on any atom is -0.493 e. The van der Waals surface area contributed by atoms with Gasteiger partial charge in [0.05, 0.1) is 17.1 Å². The summed E-state index contributed by atoms with van der Waals surface area (Å²) in [6, 6.07) is 11.3. The number of hydrogen-bond acceptors (Lipinski definition) is 2. The molecule has 1 N–H and O–H groups in total. The number of halogens is 2. The highest BCUT2D eigenvalue weighted by atomic mass is 79.9. The Balaban J connectivity index is 2.02. The lowest BCUT2D eigenvalue weighted by Gasteiger charge is -2.22. The number of rotatable bonds is 3. The van der Waals surface area contributed by atoms with Crippen molar-refractivity contribution in [1.29, 1.82) is 0 Å². The van der Waals surface area contributed by atoms with Crippen LogP contribution in [0, 0.1) is 5.82 Å². The molecule has 2 aromatic carbocycles. The molecule has 0 fully saturated rings. The lowest BCUT2D eigenvalue weighted by Crippen LogP contribution is -2.20. The van der Waals surface area contributed by atoms with Crippen LogP contribution in [-0.2, 0) is 6.42 Å². The van der Waals surface area contributed by atoms with Gasteiger partial charge < -0.3 is 10.1 Å². The number of fused-ring (bicyclic) bond motifs is 1. The van der Waals surface area contributed by atoms with Gasteiger partial charge in [-0.3, -0.25) is 0 Å². The van der Waals surface area contributed by atoms with E-state index in [1.165, 1.54) is 5.56 Å². The zero-order valence-electron chi connectivity index (χ0n) is 11.8. The van der Waals surface area contributed by atoms with Crippen molar-refractivity contribution in [2.24, 2.45) is 0 Å². The Morgan fingerprint density at radius 3 is 2.95 bits per heavy atom. The zero-order valence-corrected chi connectivity index (χ0v) is 13.4. The highest BCUT2D eigenvalue weighted by Crippen LogP contribution is 2.32. The normalized spacial score (nSPS) is 15.2. The van der Waals surface area contributed by atoms with E-state index in [0.717, 1.165) is 30.8 Å². The van der Waals surface area contributed by atoms with Gasteiger partial charge in [-0.05, 0) is 59.1 Å². The fraction of sp³-hybridized carbons (Fsp3) is 0.294. The highest BCUT2D eigenvalue weighted by Gasteiger charge is 2.20. The third-order valence-electron chi connectivity index (χ3n) is 3.85. The Hall–Kier alpha value is -1.39. The van der Waals surface area contributed by atoms with Gasteiger partial charge in [0.15, 0.2) is 0 Å². The van der Waals surface area contributed by atoms with Crippen molar-refractivity contribution < 1.29 is 9.13 Å². The molecule has 1 heterocycles. The van der Waals surface area contributed by atoms with Crippen LogP contribution < -0.4 is 10.1 Å². The summed E-state index contributed by atoms with van der Waals surface area (Å²) in [4.78, 5) is 0. The Bertz CT molecular complexity index is 659. The van der Waals surface area contributed by atoms with E-state index in [1.54, 1.807) is 6.07 Å². The Labute approximate surface area is 132 Å². The molecule has 21 heavy (non-hydrogen) atoms. The first-order valence-electron chi connectivity index (χ1n) is 7.07. The van der Waals surface area contributed by atoms with Gasteiger partial charge in [0.2, 0.25) is 0 Å². The van der Waals surface area contributed by atoms with E-state index in [1.807, 2.05) is 31.3 Å². The van der Waals surface area contributed by atoms with Crippen LogP contribution in [0.4, 0.5) is 4.39 Å². The lowest BCUT2D eigenvalue weighted by molar-refractivity contribution is 0.288. The Morgan fingerprint density at radius 2 is 2.14 bits per heavy atom. The lowest BCUT2D eigenvalue weighted by atomic mass is 9.94. The molecule has 0 radical (unpaired) electrons. The number of nitrogens with one attached hydrogen (secondary N) is 1. The SMILES string of the molecule is CNC(c1ccc2c(c1)CCCO2)c1cccc(Br)c1F. The maximum atomic E-state index is 14.4. The smallest absolute Gasteiger partial charge is 0.142 e. The second-order valence-electron chi connectivity index (χ2n) is 5.18. The monoisotopic (exact) mass is 349 g/mol. The third kappa shape index (κ3) is 2.83. The molecule has 0 aromatic heterocycles. The first-order chi connectivity index (χ1) is 10.2. The summed E-state index contributed by atoms with van der Waals surface area (Å²) in [6.07, 6.45) is 2.05. The Morgan fingerprint density at radius 1 is 1.29 bits per heavy atom. The maximum Gasteiger partial charge on any atom is 0.142 e.